The van der Waals surface area contributed by atoms with Crippen molar-refractivity contribution in [3.8, 4) is 0 Å². The zero-order valence-corrected chi connectivity index (χ0v) is 18.5. The second-order valence-corrected chi connectivity index (χ2v) is 9.93. The fraction of sp³-hybridized carbons (Fsp3) is 0.810. The normalized spacial score (nSPS) is 25.2. The molecular weight excluding hydrogens is 386 g/mol. The molecule has 0 bridgehead atoms. The minimum Gasteiger partial charge on any atom is -0.391 e. The van der Waals surface area contributed by atoms with Crippen LogP contribution in [0.1, 0.15) is 71.0 Å². The summed E-state index contributed by atoms with van der Waals surface area (Å²) in [7, 11) is 1.52. The smallest absolute Gasteiger partial charge is 0.248 e. The highest BCUT2D eigenvalue weighted by molar-refractivity contribution is 5.90. The highest BCUT2D eigenvalue weighted by Crippen LogP contribution is 2.35. The van der Waals surface area contributed by atoms with Gasteiger partial charge in [-0.25, -0.2) is 4.68 Å². The van der Waals surface area contributed by atoms with Gasteiger partial charge in [0.25, 0.3) is 0 Å². The molecule has 2 amide bonds. The Hall–Kier alpha value is -2.00. The van der Waals surface area contributed by atoms with Gasteiger partial charge in [-0.1, -0.05) is 45.2 Å². The molecular formula is C21H35N5O4. The number of aromatic nitrogens is 3. The van der Waals surface area contributed by atoms with Crippen LogP contribution in [0.15, 0.2) is 6.20 Å². The number of carbonyl (C=O) groups is 2. The monoisotopic (exact) mass is 421 g/mol. The summed E-state index contributed by atoms with van der Waals surface area (Å²) in [4.78, 5) is 27.2. The van der Waals surface area contributed by atoms with E-state index < -0.39 is 29.2 Å². The second kappa shape index (κ2) is 8.63. The first-order valence-electron chi connectivity index (χ1n) is 10.9. The van der Waals surface area contributed by atoms with Gasteiger partial charge in [0.15, 0.2) is 0 Å². The van der Waals surface area contributed by atoms with Gasteiger partial charge in [0, 0.05) is 32.6 Å². The number of hydrogen-bond acceptors (Lipinski definition) is 6. The van der Waals surface area contributed by atoms with E-state index >= 15 is 0 Å². The molecule has 1 aliphatic carbocycles. The molecule has 2 fully saturated rings. The molecule has 2 aliphatic rings. The standard InChI is InChI=1S/C21H35N5O4/c1-20(2,3)17(19(29)25-13-15(27)10-16(25)18(28)22-4)26-12-14(23-24-26)11-21(30)8-6-5-7-9-21/h12,15-17,27,30H,5-11,13H2,1-4H3,(H,22,28)/t15?,16?,17-/m1/s1. The van der Waals surface area contributed by atoms with Gasteiger partial charge in [0.05, 0.1) is 17.4 Å². The molecule has 3 rings (SSSR count). The van der Waals surface area contributed by atoms with Gasteiger partial charge in [-0.15, -0.1) is 5.10 Å². The van der Waals surface area contributed by atoms with Crippen LogP contribution < -0.4 is 5.32 Å². The average Bonchev–Trinajstić information content (AvgIpc) is 3.26. The Morgan fingerprint density at radius 3 is 2.57 bits per heavy atom. The minimum atomic E-state index is -0.760. The molecule has 9 nitrogen and oxygen atoms in total. The van der Waals surface area contributed by atoms with Crippen LogP contribution in [0.3, 0.4) is 0 Å². The van der Waals surface area contributed by atoms with Gasteiger partial charge >= 0.3 is 0 Å². The van der Waals surface area contributed by atoms with Crippen LogP contribution in [-0.4, -0.2) is 73.3 Å². The number of β-amino-alcohol motifs (C(OH)–C–C–N with tert-alkyl or cyclic N) is 1. The van der Waals surface area contributed by atoms with Crippen molar-refractivity contribution in [1.29, 1.82) is 0 Å². The van der Waals surface area contributed by atoms with Gasteiger partial charge in [0.2, 0.25) is 11.8 Å². The lowest BCUT2D eigenvalue weighted by Crippen LogP contribution is -2.49. The van der Waals surface area contributed by atoms with Crippen LogP contribution >= 0.6 is 0 Å². The topological polar surface area (TPSA) is 121 Å². The van der Waals surface area contributed by atoms with Crippen LogP contribution in [0.25, 0.3) is 0 Å². The van der Waals surface area contributed by atoms with Crippen LogP contribution in [0.2, 0.25) is 0 Å². The van der Waals surface area contributed by atoms with Crippen molar-refractivity contribution >= 4 is 11.8 Å². The Labute approximate surface area is 177 Å². The molecule has 0 radical (unpaired) electrons. The summed E-state index contributed by atoms with van der Waals surface area (Å²) < 4.78 is 1.55. The Morgan fingerprint density at radius 1 is 1.30 bits per heavy atom. The Balaban J connectivity index is 1.84. The predicted molar refractivity (Wildman–Crippen MR) is 110 cm³/mol. The van der Waals surface area contributed by atoms with Crippen LogP contribution in [0.4, 0.5) is 0 Å². The van der Waals surface area contributed by atoms with Crippen molar-refractivity contribution in [2.75, 3.05) is 13.6 Å². The van der Waals surface area contributed by atoms with E-state index in [9.17, 15) is 19.8 Å². The molecule has 3 atom stereocenters. The quantitative estimate of drug-likeness (QED) is 0.647. The number of carbonyl (C=O) groups excluding carboxylic acids is 2. The average molecular weight is 422 g/mol. The number of amides is 2. The van der Waals surface area contributed by atoms with E-state index in [1.807, 2.05) is 20.8 Å². The number of likely N-dealkylation sites (N-methyl/N-ethyl adjacent to an activating group) is 1. The highest BCUT2D eigenvalue weighted by Gasteiger charge is 2.45. The fourth-order valence-corrected chi connectivity index (χ4v) is 4.75. The van der Waals surface area contributed by atoms with Crippen LogP contribution in [-0.2, 0) is 16.0 Å². The van der Waals surface area contributed by atoms with Crippen molar-refractivity contribution in [2.24, 2.45) is 5.41 Å². The van der Waals surface area contributed by atoms with Gasteiger partial charge < -0.3 is 20.4 Å². The first-order chi connectivity index (χ1) is 14.0. The zero-order valence-electron chi connectivity index (χ0n) is 18.5. The summed E-state index contributed by atoms with van der Waals surface area (Å²) >= 11 is 0. The van der Waals surface area contributed by atoms with Crippen molar-refractivity contribution in [3.63, 3.8) is 0 Å². The van der Waals surface area contributed by atoms with E-state index in [0.29, 0.717) is 12.1 Å². The third kappa shape index (κ3) is 4.83. The third-order valence-corrected chi connectivity index (χ3v) is 6.28. The SMILES string of the molecule is CNC(=O)C1CC(O)CN1C(=O)[C@@H](n1cc(CC2(O)CCCCC2)nn1)C(C)(C)C. The third-order valence-electron chi connectivity index (χ3n) is 6.28. The van der Waals surface area contributed by atoms with E-state index in [2.05, 4.69) is 15.6 Å². The number of likely N-dealkylation sites (tertiary alicyclic amines) is 1. The van der Waals surface area contributed by atoms with E-state index in [0.717, 1.165) is 32.1 Å². The van der Waals surface area contributed by atoms with Crippen molar-refractivity contribution in [1.82, 2.24) is 25.2 Å². The van der Waals surface area contributed by atoms with Crippen molar-refractivity contribution in [3.05, 3.63) is 11.9 Å². The molecule has 1 aromatic rings. The van der Waals surface area contributed by atoms with Crippen LogP contribution in [0, 0.1) is 5.41 Å². The lowest BCUT2D eigenvalue weighted by Gasteiger charge is -2.34. The first kappa shape index (κ1) is 22.7. The highest BCUT2D eigenvalue weighted by atomic mass is 16.3. The van der Waals surface area contributed by atoms with Gasteiger partial charge in [-0.05, 0) is 18.3 Å². The molecule has 1 aliphatic heterocycles. The number of hydrogen-bond donors (Lipinski definition) is 3. The molecule has 3 N–H and O–H groups in total. The summed E-state index contributed by atoms with van der Waals surface area (Å²) in [5.41, 5.74) is -0.598. The second-order valence-electron chi connectivity index (χ2n) is 9.93. The minimum absolute atomic E-state index is 0.116. The summed E-state index contributed by atoms with van der Waals surface area (Å²) in [6, 6.07) is -1.38. The van der Waals surface area contributed by atoms with Gasteiger partial charge in [-0.2, -0.15) is 0 Å². The largest absolute Gasteiger partial charge is 0.391 e. The lowest BCUT2D eigenvalue weighted by molar-refractivity contribution is -0.144. The van der Waals surface area contributed by atoms with Crippen molar-refractivity contribution in [2.45, 2.75) is 89.5 Å². The van der Waals surface area contributed by atoms with E-state index in [1.54, 1.807) is 10.9 Å². The molecule has 0 spiro atoms. The molecule has 30 heavy (non-hydrogen) atoms. The van der Waals surface area contributed by atoms with E-state index in [1.165, 1.54) is 11.9 Å². The summed E-state index contributed by atoms with van der Waals surface area (Å²) in [5.74, 6) is -0.549. The Bertz CT molecular complexity index is 766. The molecule has 1 saturated heterocycles. The molecule has 0 aromatic carbocycles. The summed E-state index contributed by atoms with van der Waals surface area (Å²) in [5, 5.41) is 32.0. The molecule has 168 valence electrons. The Morgan fingerprint density at radius 2 is 1.97 bits per heavy atom. The Kier molecular flexibility index (Phi) is 6.52. The van der Waals surface area contributed by atoms with E-state index in [4.69, 9.17) is 0 Å². The number of aliphatic hydroxyl groups excluding tert-OH is 1. The summed E-state index contributed by atoms with van der Waals surface area (Å²) in [6.07, 6.45) is 6.30. The van der Waals surface area contributed by atoms with Gasteiger partial charge in [-0.3, -0.25) is 9.59 Å². The molecule has 2 heterocycles. The fourth-order valence-electron chi connectivity index (χ4n) is 4.75. The zero-order chi connectivity index (χ0) is 22.1. The van der Waals surface area contributed by atoms with Crippen LogP contribution in [0.5, 0.6) is 0 Å². The van der Waals surface area contributed by atoms with E-state index in [-0.39, 0.29) is 24.8 Å². The molecule has 2 unspecified atom stereocenters. The van der Waals surface area contributed by atoms with Gasteiger partial charge in [0.1, 0.15) is 12.1 Å². The number of aliphatic hydroxyl groups is 2. The van der Waals surface area contributed by atoms with Crippen molar-refractivity contribution < 1.29 is 19.8 Å². The number of rotatable bonds is 5. The lowest BCUT2D eigenvalue weighted by atomic mass is 9.82. The predicted octanol–water partition coefficient (Wildman–Crippen LogP) is 0.811. The molecule has 9 heteroatoms. The summed E-state index contributed by atoms with van der Waals surface area (Å²) in [6.45, 7) is 5.93. The maximum atomic E-state index is 13.5. The maximum absolute atomic E-state index is 13.5. The maximum Gasteiger partial charge on any atom is 0.248 e. The first-order valence-corrected chi connectivity index (χ1v) is 10.9. The molecule has 1 saturated carbocycles. The number of nitrogens with zero attached hydrogens (tertiary/aromatic N) is 4. The molecule has 1 aromatic heterocycles. The number of nitrogens with one attached hydrogen (secondary N) is 1.